The number of nitrogens with one attached hydrogen (secondary N) is 1. The van der Waals surface area contributed by atoms with Gasteiger partial charge in [-0.15, -0.1) is 0 Å². The van der Waals surface area contributed by atoms with Gasteiger partial charge in [-0.3, -0.25) is 9.69 Å². The second kappa shape index (κ2) is 6.46. The molecule has 2 unspecified atom stereocenters. The molecule has 0 aromatic heterocycles. The molecule has 1 saturated carbocycles. The molecule has 5 heteroatoms. The largest absolute Gasteiger partial charge is 0.342 e. The van der Waals surface area contributed by atoms with Gasteiger partial charge in [-0.25, -0.2) is 0 Å². The molecular weight excluding hydrogens is 204 g/mol. The lowest BCUT2D eigenvalue weighted by atomic mass is 10.0. The Hall–Kier alpha value is -1.12. The fourth-order valence-corrected chi connectivity index (χ4v) is 2.41. The maximum atomic E-state index is 11.4. The highest BCUT2D eigenvalue weighted by Gasteiger charge is 2.29. The Morgan fingerprint density at radius 1 is 1.62 bits per heavy atom. The molecule has 1 rings (SSSR count). The Morgan fingerprint density at radius 2 is 2.38 bits per heavy atom. The number of likely N-dealkylation sites (N-methyl/N-ethyl adjacent to an activating group) is 1. The van der Waals surface area contributed by atoms with Crippen molar-refractivity contribution in [2.24, 2.45) is 11.7 Å². The highest BCUT2D eigenvalue weighted by atomic mass is 16.2. The number of carbonyl (C=O) groups is 1. The number of carbonyl (C=O) groups excluding carboxylic acids is 1. The first kappa shape index (κ1) is 12.9. The van der Waals surface area contributed by atoms with Crippen LogP contribution in [0.1, 0.15) is 19.3 Å². The molecule has 0 aromatic carbocycles. The lowest BCUT2D eigenvalue weighted by Gasteiger charge is -2.28. The molecule has 1 fully saturated rings. The topological polar surface area (TPSA) is 82.2 Å². The molecule has 0 radical (unpaired) electrons. The second-order valence-corrected chi connectivity index (χ2v) is 4.34. The Kier molecular flexibility index (Phi) is 5.23. The first-order valence-corrected chi connectivity index (χ1v) is 5.73. The van der Waals surface area contributed by atoms with E-state index in [0.29, 0.717) is 25.0 Å². The molecule has 0 aliphatic heterocycles. The maximum absolute atomic E-state index is 11.4. The van der Waals surface area contributed by atoms with Crippen LogP contribution < -0.4 is 11.1 Å². The Balaban J connectivity index is 2.36. The second-order valence-electron chi connectivity index (χ2n) is 4.34. The smallest absolute Gasteiger partial charge is 0.235 e. The van der Waals surface area contributed by atoms with Crippen LogP contribution in [0.15, 0.2) is 0 Å². The van der Waals surface area contributed by atoms with Gasteiger partial charge < -0.3 is 11.1 Å². The first-order chi connectivity index (χ1) is 7.69. The zero-order chi connectivity index (χ0) is 12.0. The van der Waals surface area contributed by atoms with Crippen LogP contribution in [-0.4, -0.2) is 43.5 Å². The number of amides is 1. The van der Waals surface area contributed by atoms with Crippen molar-refractivity contribution < 1.29 is 4.79 Å². The van der Waals surface area contributed by atoms with Crippen LogP contribution >= 0.6 is 0 Å². The van der Waals surface area contributed by atoms with Gasteiger partial charge in [0.15, 0.2) is 0 Å². The number of nitriles is 1. The molecule has 0 aromatic rings. The fraction of sp³-hybridized carbons (Fsp3) is 0.818. The van der Waals surface area contributed by atoms with Gasteiger partial charge in [0.05, 0.1) is 12.6 Å². The normalized spacial score (nSPS) is 24.4. The van der Waals surface area contributed by atoms with Gasteiger partial charge in [0.2, 0.25) is 5.91 Å². The van der Waals surface area contributed by atoms with Gasteiger partial charge in [-0.2, -0.15) is 5.26 Å². The summed E-state index contributed by atoms with van der Waals surface area (Å²) in [5.74, 6) is 0.417. The summed E-state index contributed by atoms with van der Waals surface area (Å²) >= 11 is 0. The summed E-state index contributed by atoms with van der Waals surface area (Å²) in [6, 6.07) is 2.31. The third-order valence-electron chi connectivity index (χ3n) is 3.25. The standard InChI is InChI=1S/C11H20N4O/c1-15(8-11(16)14-6-5-12)10-4-2-3-9(10)7-13/h9-10H,2-4,6-8,13H2,1H3,(H,14,16). The Morgan fingerprint density at radius 3 is 3.00 bits per heavy atom. The first-order valence-electron chi connectivity index (χ1n) is 5.73. The quantitative estimate of drug-likeness (QED) is 0.627. The number of hydrogen-bond acceptors (Lipinski definition) is 4. The molecule has 1 aliphatic rings. The molecule has 90 valence electrons. The predicted octanol–water partition coefficient (Wildman–Crippen LogP) is -0.315. The molecule has 0 heterocycles. The van der Waals surface area contributed by atoms with Crippen molar-refractivity contribution in [2.75, 3.05) is 26.7 Å². The fourth-order valence-electron chi connectivity index (χ4n) is 2.41. The van der Waals surface area contributed by atoms with Crippen LogP contribution in [0, 0.1) is 17.2 Å². The molecule has 16 heavy (non-hydrogen) atoms. The molecule has 2 atom stereocenters. The van der Waals surface area contributed by atoms with Crippen LogP contribution in [0.25, 0.3) is 0 Å². The van der Waals surface area contributed by atoms with Gasteiger partial charge in [0.25, 0.3) is 0 Å². The van der Waals surface area contributed by atoms with E-state index in [1.54, 1.807) is 0 Å². The van der Waals surface area contributed by atoms with E-state index in [4.69, 9.17) is 11.0 Å². The van der Waals surface area contributed by atoms with Crippen molar-refractivity contribution in [3.05, 3.63) is 0 Å². The SMILES string of the molecule is CN(CC(=O)NCC#N)C1CCCC1CN. The Labute approximate surface area is 96.6 Å². The van der Waals surface area contributed by atoms with Gasteiger partial charge in [0, 0.05) is 6.04 Å². The van der Waals surface area contributed by atoms with E-state index in [9.17, 15) is 4.79 Å². The Bertz CT molecular complexity index is 274. The van der Waals surface area contributed by atoms with Gasteiger partial charge in [-0.05, 0) is 32.4 Å². The molecule has 3 N–H and O–H groups in total. The summed E-state index contributed by atoms with van der Waals surface area (Å²) in [7, 11) is 1.95. The van der Waals surface area contributed by atoms with Crippen LogP contribution in [0.2, 0.25) is 0 Å². The molecule has 1 amide bonds. The number of rotatable bonds is 5. The van der Waals surface area contributed by atoms with E-state index in [-0.39, 0.29) is 12.5 Å². The van der Waals surface area contributed by atoms with Crippen molar-refractivity contribution >= 4 is 5.91 Å². The summed E-state index contributed by atoms with van der Waals surface area (Å²) < 4.78 is 0. The summed E-state index contributed by atoms with van der Waals surface area (Å²) in [5.41, 5.74) is 5.70. The van der Waals surface area contributed by atoms with E-state index in [1.807, 2.05) is 13.1 Å². The summed E-state index contributed by atoms with van der Waals surface area (Å²) in [6.07, 6.45) is 3.46. The van der Waals surface area contributed by atoms with Crippen LogP contribution in [0.4, 0.5) is 0 Å². The monoisotopic (exact) mass is 224 g/mol. The van der Waals surface area contributed by atoms with Gasteiger partial charge >= 0.3 is 0 Å². The van der Waals surface area contributed by atoms with E-state index >= 15 is 0 Å². The van der Waals surface area contributed by atoms with Crippen molar-refractivity contribution in [3.63, 3.8) is 0 Å². The van der Waals surface area contributed by atoms with Gasteiger partial charge in [-0.1, -0.05) is 6.42 Å². The summed E-state index contributed by atoms with van der Waals surface area (Å²) in [4.78, 5) is 13.5. The lowest BCUT2D eigenvalue weighted by molar-refractivity contribution is -0.122. The van der Waals surface area contributed by atoms with Crippen LogP contribution in [0.3, 0.4) is 0 Å². The molecule has 0 saturated heterocycles. The van der Waals surface area contributed by atoms with Gasteiger partial charge in [0.1, 0.15) is 6.54 Å². The van der Waals surface area contributed by atoms with E-state index in [0.717, 1.165) is 12.8 Å². The average Bonchev–Trinajstić information content (AvgIpc) is 2.74. The minimum absolute atomic E-state index is 0.0810. The zero-order valence-corrected chi connectivity index (χ0v) is 9.78. The predicted molar refractivity (Wildman–Crippen MR) is 61.4 cm³/mol. The lowest BCUT2D eigenvalue weighted by Crippen LogP contribution is -2.43. The average molecular weight is 224 g/mol. The van der Waals surface area contributed by atoms with Crippen molar-refractivity contribution in [1.29, 1.82) is 5.26 Å². The van der Waals surface area contributed by atoms with Crippen molar-refractivity contribution in [2.45, 2.75) is 25.3 Å². The molecule has 0 bridgehead atoms. The van der Waals surface area contributed by atoms with E-state index in [2.05, 4.69) is 10.2 Å². The minimum Gasteiger partial charge on any atom is -0.342 e. The van der Waals surface area contributed by atoms with Crippen molar-refractivity contribution in [3.8, 4) is 6.07 Å². The number of nitrogens with two attached hydrogens (primary N) is 1. The van der Waals surface area contributed by atoms with Crippen molar-refractivity contribution in [1.82, 2.24) is 10.2 Å². The third-order valence-corrected chi connectivity index (χ3v) is 3.25. The summed E-state index contributed by atoms with van der Waals surface area (Å²) in [6.45, 7) is 1.12. The maximum Gasteiger partial charge on any atom is 0.235 e. The summed E-state index contributed by atoms with van der Waals surface area (Å²) in [5, 5.41) is 10.9. The third kappa shape index (κ3) is 3.47. The molecule has 0 spiro atoms. The highest BCUT2D eigenvalue weighted by Crippen LogP contribution is 2.28. The molecule has 5 nitrogen and oxygen atoms in total. The zero-order valence-electron chi connectivity index (χ0n) is 9.78. The molecule has 1 aliphatic carbocycles. The van der Waals surface area contributed by atoms with E-state index in [1.165, 1.54) is 6.42 Å². The van der Waals surface area contributed by atoms with E-state index < -0.39 is 0 Å². The highest BCUT2D eigenvalue weighted by molar-refractivity contribution is 5.78. The minimum atomic E-state index is -0.0910. The van der Waals surface area contributed by atoms with Crippen LogP contribution in [-0.2, 0) is 4.79 Å². The number of nitrogens with zero attached hydrogens (tertiary/aromatic N) is 2. The molecular formula is C11H20N4O. The number of hydrogen-bond donors (Lipinski definition) is 2. The van der Waals surface area contributed by atoms with Crippen LogP contribution in [0.5, 0.6) is 0 Å².